The molecule has 4 aromatic rings. The molecule has 0 saturated carbocycles. The molecule has 1 amide bonds. The highest BCUT2D eigenvalue weighted by Gasteiger charge is 2.26. The van der Waals surface area contributed by atoms with Crippen molar-refractivity contribution in [3.63, 3.8) is 0 Å². The van der Waals surface area contributed by atoms with Crippen molar-refractivity contribution >= 4 is 16.8 Å². The largest absolute Gasteiger partial charge is 0.349 e. The van der Waals surface area contributed by atoms with Crippen molar-refractivity contribution < 1.29 is 13.6 Å². The maximum absolute atomic E-state index is 13.6. The number of aromatic amines is 1. The zero-order chi connectivity index (χ0) is 20.7. The summed E-state index contributed by atoms with van der Waals surface area (Å²) in [6.45, 7) is 0. The normalized spacial score (nSPS) is 15.9. The third-order valence-electron chi connectivity index (χ3n) is 5.49. The fraction of sp³-hybridized carbons (Fsp3) is 0.227. The molecular formula is C22H19F2N5O. The zero-order valence-electron chi connectivity index (χ0n) is 16.0. The van der Waals surface area contributed by atoms with Crippen LogP contribution in [0.4, 0.5) is 8.78 Å². The van der Waals surface area contributed by atoms with Crippen LogP contribution in [0.3, 0.4) is 0 Å². The Morgan fingerprint density at radius 1 is 1.20 bits per heavy atom. The number of aromatic nitrogens is 4. The molecule has 0 radical (unpaired) electrons. The Labute approximate surface area is 170 Å². The lowest BCUT2D eigenvalue weighted by Crippen LogP contribution is -2.32. The lowest BCUT2D eigenvalue weighted by atomic mass is 9.92. The van der Waals surface area contributed by atoms with Crippen LogP contribution in [0.25, 0.3) is 16.6 Å². The van der Waals surface area contributed by atoms with E-state index in [1.165, 1.54) is 12.1 Å². The molecule has 2 aromatic carbocycles. The van der Waals surface area contributed by atoms with E-state index in [0.29, 0.717) is 5.69 Å². The smallest absolute Gasteiger partial charge is 0.226 e. The number of halogens is 2. The summed E-state index contributed by atoms with van der Waals surface area (Å²) >= 11 is 0. The Hall–Kier alpha value is -3.55. The highest BCUT2D eigenvalue weighted by molar-refractivity contribution is 5.87. The van der Waals surface area contributed by atoms with E-state index in [9.17, 15) is 13.6 Å². The molecule has 2 aromatic heterocycles. The number of carbonyl (C=O) groups excluding carboxylic acids is 1. The summed E-state index contributed by atoms with van der Waals surface area (Å²) in [6, 6.07) is 10.8. The van der Waals surface area contributed by atoms with Crippen molar-refractivity contribution in [3.8, 4) is 5.69 Å². The minimum absolute atomic E-state index is 0.119. The van der Waals surface area contributed by atoms with Crippen LogP contribution >= 0.6 is 0 Å². The van der Waals surface area contributed by atoms with Crippen molar-refractivity contribution in [3.05, 3.63) is 77.2 Å². The Morgan fingerprint density at radius 2 is 2.00 bits per heavy atom. The number of nitrogens with one attached hydrogen (secondary N) is 2. The van der Waals surface area contributed by atoms with Crippen LogP contribution in [-0.4, -0.2) is 25.9 Å². The van der Waals surface area contributed by atoms with E-state index in [0.717, 1.165) is 53.2 Å². The van der Waals surface area contributed by atoms with Gasteiger partial charge < -0.3 is 5.32 Å². The fourth-order valence-corrected chi connectivity index (χ4v) is 4.15. The second-order valence-corrected chi connectivity index (χ2v) is 7.49. The maximum Gasteiger partial charge on any atom is 0.226 e. The molecule has 1 aliphatic carbocycles. The Morgan fingerprint density at radius 3 is 2.83 bits per heavy atom. The second-order valence-electron chi connectivity index (χ2n) is 7.49. The Balaban J connectivity index is 1.37. The summed E-state index contributed by atoms with van der Waals surface area (Å²) in [6.07, 6.45) is 4.22. The molecule has 1 aliphatic rings. The molecular weight excluding hydrogens is 388 g/mol. The highest BCUT2D eigenvalue weighted by atomic mass is 19.1. The number of nitrogens with zero attached hydrogens (tertiary/aromatic N) is 3. The van der Waals surface area contributed by atoms with Crippen molar-refractivity contribution in [1.29, 1.82) is 0 Å². The van der Waals surface area contributed by atoms with Gasteiger partial charge in [0.25, 0.3) is 0 Å². The summed E-state index contributed by atoms with van der Waals surface area (Å²) in [7, 11) is 0. The minimum atomic E-state index is -0.651. The summed E-state index contributed by atoms with van der Waals surface area (Å²) in [5, 5.41) is 15.5. The quantitative estimate of drug-likeness (QED) is 0.541. The van der Waals surface area contributed by atoms with Gasteiger partial charge in [-0.15, -0.1) is 0 Å². The van der Waals surface area contributed by atoms with Gasteiger partial charge in [0.15, 0.2) is 0 Å². The predicted octanol–water partition coefficient (Wildman–Crippen LogP) is 3.76. The standard InChI is InChI=1S/C22H19F2N5O/c23-13-8-14(24)10-15(9-13)29-21-7-3-6-18(17(21)12-25-29)26-22(30)11-20-16-4-1-2-5-19(16)27-28-20/h1-2,4-5,8-10,12,18H,3,6-7,11H2,(H,26,30)(H,27,28). The van der Waals surface area contributed by atoms with Crippen LogP contribution in [0.5, 0.6) is 0 Å². The highest BCUT2D eigenvalue weighted by Crippen LogP contribution is 2.31. The van der Waals surface area contributed by atoms with Crippen LogP contribution < -0.4 is 5.32 Å². The van der Waals surface area contributed by atoms with Gasteiger partial charge >= 0.3 is 0 Å². The van der Waals surface area contributed by atoms with Gasteiger partial charge in [-0.3, -0.25) is 9.89 Å². The van der Waals surface area contributed by atoms with Crippen molar-refractivity contribution in [2.75, 3.05) is 0 Å². The molecule has 1 atom stereocenters. The molecule has 8 heteroatoms. The average Bonchev–Trinajstić information content (AvgIpc) is 3.32. The molecule has 0 fully saturated rings. The zero-order valence-corrected chi connectivity index (χ0v) is 16.0. The van der Waals surface area contributed by atoms with Gasteiger partial charge in [0.05, 0.1) is 35.6 Å². The second kappa shape index (κ2) is 7.37. The lowest BCUT2D eigenvalue weighted by molar-refractivity contribution is -0.121. The first-order chi connectivity index (χ1) is 14.6. The predicted molar refractivity (Wildman–Crippen MR) is 107 cm³/mol. The number of amides is 1. The van der Waals surface area contributed by atoms with Crippen LogP contribution in [-0.2, 0) is 17.6 Å². The van der Waals surface area contributed by atoms with Gasteiger partial charge in [-0.1, -0.05) is 18.2 Å². The Bertz CT molecular complexity index is 1230. The first kappa shape index (κ1) is 18.5. The molecule has 0 aliphatic heterocycles. The van der Waals surface area contributed by atoms with Crippen LogP contribution in [0, 0.1) is 11.6 Å². The fourth-order valence-electron chi connectivity index (χ4n) is 4.15. The third kappa shape index (κ3) is 3.34. The average molecular weight is 407 g/mol. The van der Waals surface area contributed by atoms with Crippen LogP contribution in [0.1, 0.15) is 35.8 Å². The molecule has 2 N–H and O–H groups in total. The monoisotopic (exact) mass is 407 g/mol. The molecule has 0 bridgehead atoms. The molecule has 30 heavy (non-hydrogen) atoms. The topological polar surface area (TPSA) is 75.6 Å². The molecule has 0 saturated heterocycles. The van der Waals surface area contributed by atoms with E-state index in [-0.39, 0.29) is 18.4 Å². The van der Waals surface area contributed by atoms with Crippen molar-refractivity contribution in [1.82, 2.24) is 25.3 Å². The van der Waals surface area contributed by atoms with E-state index in [1.807, 2.05) is 24.3 Å². The van der Waals surface area contributed by atoms with Gasteiger partial charge in [0, 0.05) is 22.7 Å². The summed E-state index contributed by atoms with van der Waals surface area (Å²) in [5.41, 5.74) is 3.68. The van der Waals surface area contributed by atoms with Crippen LogP contribution in [0.2, 0.25) is 0 Å². The van der Waals surface area contributed by atoms with Crippen molar-refractivity contribution in [2.24, 2.45) is 0 Å². The summed E-state index contributed by atoms with van der Waals surface area (Å²) in [4.78, 5) is 12.7. The third-order valence-corrected chi connectivity index (χ3v) is 5.49. The molecule has 6 nitrogen and oxygen atoms in total. The van der Waals surface area contributed by atoms with Gasteiger partial charge in [-0.25, -0.2) is 13.5 Å². The summed E-state index contributed by atoms with van der Waals surface area (Å²) in [5.74, 6) is -1.42. The van der Waals surface area contributed by atoms with Gasteiger partial charge in [0.2, 0.25) is 5.91 Å². The van der Waals surface area contributed by atoms with Crippen molar-refractivity contribution in [2.45, 2.75) is 31.7 Å². The molecule has 5 rings (SSSR count). The molecule has 152 valence electrons. The molecule has 0 spiro atoms. The molecule has 2 heterocycles. The van der Waals surface area contributed by atoms with E-state index in [2.05, 4.69) is 20.6 Å². The first-order valence-electron chi connectivity index (χ1n) is 9.83. The lowest BCUT2D eigenvalue weighted by Gasteiger charge is -2.24. The van der Waals surface area contributed by atoms with E-state index < -0.39 is 11.6 Å². The number of H-pyrrole nitrogens is 1. The van der Waals surface area contributed by atoms with Gasteiger partial charge in [-0.05, 0) is 37.5 Å². The number of hydrogen-bond donors (Lipinski definition) is 2. The number of benzene rings is 2. The SMILES string of the molecule is O=C(Cc1[nH]nc2ccccc12)NC1CCCc2c1cnn2-c1cc(F)cc(F)c1. The minimum Gasteiger partial charge on any atom is -0.349 e. The maximum atomic E-state index is 13.6. The van der Waals surface area contributed by atoms with E-state index >= 15 is 0 Å². The van der Waals surface area contributed by atoms with Crippen LogP contribution in [0.15, 0.2) is 48.7 Å². The van der Waals surface area contributed by atoms with E-state index in [1.54, 1.807) is 10.9 Å². The first-order valence-corrected chi connectivity index (χ1v) is 9.83. The number of fused-ring (bicyclic) bond motifs is 2. The summed E-state index contributed by atoms with van der Waals surface area (Å²) < 4.78 is 28.8. The van der Waals surface area contributed by atoms with Gasteiger partial charge in [-0.2, -0.15) is 10.2 Å². The number of rotatable bonds is 4. The number of hydrogen-bond acceptors (Lipinski definition) is 3. The number of carbonyl (C=O) groups is 1. The Kier molecular flexibility index (Phi) is 4.54. The number of para-hydroxylation sites is 1. The van der Waals surface area contributed by atoms with Gasteiger partial charge in [0.1, 0.15) is 11.6 Å². The van der Waals surface area contributed by atoms with E-state index in [4.69, 9.17) is 0 Å². The molecule has 1 unspecified atom stereocenters.